The van der Waals surface area contributed by atoms with Crippen LogP contribution in [0.3, 0.4) is 0 Å². The summed E-state index contributed by atoms with van der Waals surface area (Å²) in [6.45, 7) is 3.28. The van der Waals surface area contributed by atoms with Gasteiger partial charge in [-0.25, -0.2) is 8.78 Å². The van der Waals surface area contributed by atoms with Gasteiger partial charge in [-0.15, -0.1) is 0 Å². The van der Waals surface area contributed by atoms with Gasteiger partial charge in [-0.1, -0.05) is 30.3 Å². The molecule has 0 heterocycles. The molecule has 0 spiro atoms. The Bertz CT molecular complexity index is 779. The maximum absolute atomic E-state index is 13.2. The number of hydrogen-bond acceptors (Lipinski definition) is 4. The average Bonchev–Trinajstić information content (AvgIpc) is 2.60. The minimum atomic E-state index is -0.826. The number of benzene rings is 2. The zero-order valence-electron chi connectivity index (χ0n) is 15.1. The molecule has 0 radical (unpaired) electrons. The van der Waals surface area contributed by atoms with Gasteiger partial charge >= 0.3 is 0 Å². The molecule has 2 rings (SSSR count). The number of halogens is 2. The number of aliphatic hydroxyl groups excluding tert-OH is 1. The molecule has 7 heteroatoms. The van der Waals surface area contributed by atoms with Crippen LogP contribution in [-0.2, 0) is 16.0 Å². The number of nitrogens with one attached hydrogen (secondary N) is 2. The van der Waals surface area contributed by atoms with E-state index in [1.54, 1.807) is 38.1 Å². The maximum atomic E-state index is 13.2. The summed E-state index contributed by atoms with van der Waals surface area (Å²) in [4.78, 5) is 24.1. The van der Waals surface area contributed by atoms with E-state index < -0.39 is 41.6 Å². The molecule has 3 atom stereocenters. The SMILES string of the molecule is C[C@H](N[C@@H](C)[C@H](O)c1ccccc1)C(=O)NC(=O)Cc1cc(F)cc(F)c1. The molecule has 0 aliphatic heterocycles. The van der Waals surface area contributed by atoms with E-state index in [1.165, 1.54) is 0 Å². The monoisotopic (exact) mass is 376 g/mol. The van der Waals surface area contributed by atoms with Crippen molar-refractivity contribution in [3.63, 3.8) is 0 Å². The molecular weight excluding hydrogens is 354 g/mol. The zero-order valence-corrected chi connectivity index (χ0v) is 15.1. The summed E-state index contributed by atoms with van der Waals surface area (Å²) in [5.74, 6) is -2.84. The van der Waals surface area contributed by atoms with Crippen LogP contribution in [0, 0.1) is 11.6 Å². The molecule has 3 N–H and O–H groups in total. The normalized spacial score (nSPS) is 14.3. The summed E-state index contributed by atoms with van der Waals surface area (Å²) in [6.07, 6.45) is -1.15. The fourth-order valence-electron chi connectivity index (χ4n) is 2.69. The van der Waals surface area contributed by atoms with Gasteiger partial charge in [-0.2, -0.15) is 0 Å². The first-order chi connectivity index (χ1) is 12.8. The van der Waals surface area contributed by atoms with Crippen LogP contribution < -0.4 is 10.6 Å². The Kier molecular flexibility index (Phi) is 7.15. The van der Waals surface area contributed by atoms with Crippen molar-refractivity contribution < 1.29 is 23.5 Å². The van der Waals surface area contributed by atoms with Crippen molar-refractivity contribution in [2.24, 2.45) is 0 Å². The summed E-state index contributed by atoms with van der Waals surface area (Å²) in [7, 11) is 0. The van der Waals surface area contributed by atoms with Crippen molar-refractivity contribution in [2.75, 3.05) is 0 Å². The van der Waals surface area contributed by atoms with Gasteiger partial charge in [0.15, 0.2) is 0 Å². The lowest BCUT2D eigenvalue weighted by atomic mass is 10.0. The highest BCUT2D eigenvalue weighted by atomic mass is 19.1. The van der Waals surface area contributed by atoms with Gasteiger partial charge < -0.3 is 10.4 Å². The third kappa shape index (κ3) is 6.23. The number of imide groups is 1. The summed E-state index contributed by atoms with van der Waals surface area (Å²) in [5, 5.41) is 15.4. The predicted octanol–water partition coefficient (Wildman–Crippen LogP) is 2.25. The predicted molar refractivity (Wildman–Crippen MR) is 96.7 cm³/mol. The summed E-state index contributed by atoms with van der Waals surface area (Å²) in [5.41, 5.74) is 0.834. The van der Waals surface area contributed by atoms with Gasteiger partial charge in [0.25, 0.3) is 0 Å². The minimum Gasteiger partial charge on any atom is -0.387 e. The number of aliphatic hydroxyl groups is 1. The van der Waals surface area contributed by atoms with Crippen LogP contribution in [0.4, 0.5) is 8.78 Å². The quantitative estimate of drug-likeness (QED) is 0.693. The van der Waals surface area contributed by atoms with E-state index >= 15 is 0 Å². The van der Waals surface area contributed by atoms with Crippen molar-refractivity contribution in [1.29, 1.82) is 0 Å². The highest BCUT2D eigenvalue weighted by Gasteiger charge is 2.22. The largest absolute Gasteiger partial charge is 0.387 e. The molecule has 0 aromatic heterocycles. The van der Waals surface area contributed by atoms with Gasteiger partial charge in [-0.3, -0.25) is 14.9 Å². The van der Waals surface area contributed by atoms with E-state index in [-0.39, 0.29) is 12.0 Å². The highest BCUT2D eigenvalue weighted by molar-refractivity contribution is 5.98. The van der Waals surface area contributed by atoms with Crippen LogP contribution in [0.5, 0.6) is 0 Å². The van der Waals surface area contributed by atoms with Crippen LogP contribution in [0.1, 0.15) is 31.1 Å². The summed E-state index contributed by atoms with van der Waals surface area (Å²) >= 11 is 0. The van der Waals surface area contributed by atoms with E-state index in [0.29, 0.717) is 11.6 Å². The molecule has 0 bridgehead atoms. The number of rotatable bonds is 7. The standard InChI is InChI=1S/C20H22F2N2O3/c1-12(19(26)15-6-4-3-5-7-15)23-13(2)20(27)24-18(25)10-14-8-16(21)11-17(22)9-14/h3-9,11-13,19,23,26H,10H2,1-2H3,(H,24,25,27)/t12-,13-,19-/m0/s1. The average molecular weight is 376 g/mol. The molecule has 2 amide bonds. The van der Waals surface area contributed by atoms with Gasteiger partial charge in [0.1, 0.15) is 11.6 Å². The van der Waals surface area contributed by atoms with Gasteiger partial charge in [-0.05, 0) is 37.1 Å². The van der Waals surface area contributed by atoms with Crippen LogP contribution in [0.15, 0.2) is 48.5 Å². The maximum Gasteiger partial charge on any atom is 0.243 e. The number of carbonyl (C=O) groups is 2. The van der Waals surface area contributed by atoms with Gasteiger partial charge in [0.05, 0.1) is 18.6 Å². The van der Waals surface area contributed by atoms with E-state index in [4.69, 9.17) is 0 Å². The van der Waals surface area contributed by atoms with Gasteiger partial charge in [0, 0.05) is 12.1 Å². The van der Waals surface area contributed by atoms with Crippen molar-refractivity contribution in [1.82, 2.24) is 10.6 Å². The first kappa shape index (κ1) is 20.7. The fraction of sp³-hybridized carbons (Fsp3) is 0.300. The van der Waals surface area contributed by atoms with Crippen LogP contribution >= 0.6 is 0 Å². The lowest BCUT2D eigenvalue weighted by molar-refractivity contribution is -0.131. The molecule has 0 aliphatic rings. The second-order valence-electron chi connectivity index (χ2n) is 6.40. The Morgan fingerprint density at radius 1 is 1.04 bits per heavy atom. The molecule has 0 aliphatic carbocycles. The Hall–Kier alpha value is -2.64. The van der Waals surface area contributed by atoms with Crippen LogP contribution in [-0.4, -0.2) is 29.0 Å². The highest BCUT2D eigenvalue weighted by Crippen LogP contribution is 2.16. The Morgan fingerprint density at radius 2 is 1.63 bits per heavy atom. The second-order valence-corrected chi connectivity index (χ2v) is 6.40. The number of hydrogen-bond donors (Lipinski definition) is 3. The molecule has 2 aromatic carbocycles. The molecule has 0 saturated heterocycles. The minimum absolute atomic E-state index is 0.131. The lowest BCUT2D eigenvalue weighted by Crippen LogP contribution is -2.49. The van der Waals surface area contributed by atoms with E-state index in [1.807, 2.05) is 6.07 Å². The Balaban J connectivity index is 1.88. The van der Waals surface area contributed by atoms with Crippen molar-refractivity contribution >= 4 is 11.8 Å². The molecular formula is C20H22F2N2O3. The Morgan fingerprint density at radius 3 is 2.22 bits per heavy atom. The van der Waals surface area contributed by atoms with Crippen molar-refractivity contribution in [3.8, 4) is 0 Å². The number of amides is 2. The number of carbonyl (C=O) groups excluding carboxylic acids is 2. The van der Waals surface area contributed by atoms with E-state index in [0.717, 1.165) is 12.1 Å². The topological polar surface area (TPSA) is 78.4 Å². The zero-order chi connectivity index (χ0) is 20.0. The summed E-state index contributed by atoms with van der Waals surface area (Å²) in [6, 6.07) is 10.6. The third-order valence-corrected chi connectivity index (χ3v) is 4.07. The van der Waals surface area contributed by atoms with Crippen molar-refractivity contribution in [2.45, 2.75) is 38.5 Å². The molecule has 2 aromatic rings. The Labute approximate surface area is 156 Å². The van der Waals surface area contributed by atoms with Crippen LogP contribution in [0.25, 0.3) is 0 Å². The third-order valence-electron chi connectivity index (χ3n) is 4.07. The lowest BCUT2D eigenvalue weighted by Gasteiger charge is -2.24. The fourth-order valence-corrected chi connectivity index (χ4v) is 2.69. The first-order valence-corrected chi connectivity index (χ1v) is 8.54. The molecule has 27 heavy (non-hydrogen) atoms. The first-order valence-electron chi connectivity index (χ1n) is 8.54. The molecule has 5 nitrogen and oxygen atoms in total. The van der Waals surface area contributed by atoms with Gasteiger partial charge in [0.2, 0.25) is 11.8 Å². The molecule has 0 unspecified atom stereocenters. The van der Waals surface area contributed by atoms with Crippen molar-refractivity contribution in [3.05, 3.63) is 71.3 Å². The summed E-state index contributed by atoms with van der Waals surface area (Å²) < 4.78 is 26.3. The smallest absolute Gasteiger partial charge is 0.243 e. The van der Waals surface area contributed by atoms with E-state index in [9.17, 15) is 23.5 Å². The second kappa shape index (κ2) is 9.34. The molecule has 144 valence electrons. The molecule has 0 saturated carbocycles. The van der Waals surface area contributed by atoms with Crippen LogP contribution in [0.2, 0.25) is 0 Å². The molecule has 0 fully saturated rings. The van der Waals surface area contributed by atoms with E-state index in [2.05, 4.69) is 10.6 Å².